The van der Waals surface area contributed by atoms with Crippen LogP contribution in [-0.2, 0) is 4.79 Å². The third-order valence-electron chi connectivity index (χ3n) is 2.87. The van der Waals surface area contributed by atoms with Gasteiger partial charge in [0.15, 0.2) is 0 Å². The molecular formula is C12H18ClN3O. The second-order valence-electron chi connectivity index (χ2n) is 4.03. The lowest BCUT2D eigenvalue weighted by molar-refractivity contribution is -0.121. The Hall–Kier alpha value is -1.10. The summed E-state index contributed by atoms with van der Waals surface area (Å²) in [6.07, 6.45) is 0.394. The van der Waals surface area contributed by atoms with Crippen molar-refractivity contribution in [2.75, 3.05) is 13.6 Å². The predicted octanol–water partition coefficient (Wildman–Crippen LogP) is 1.71. The van der Waals surface area contributed by atoms with Crippen molar-refractivity contribution in [1.82, 2.24) is 10.3 Å². The Morgan fingerprint density at radius 1 is 1.47 bits per heavy atom. The first-order valence-electron chi connectivity index (χ1n) is 5.49. The van der Waals surface area contributed by atoms with E-state index in [9.17, 15) is 4.79 Å². The number of halogens is 1. The van der Waals surface area contributed by atoms with E-state index in [2.05, 4.69) is 17.2 Å². The lowest BCUT2D eigenvalue weighted by Crippen LogP contribution is -2.33. The molecule has 1 aromatic rings. The fourth-order valence-corrected chi connectivity index (χ4v) is 1.67. The van der Waals surface area contributed by atoms with Gasteiger partial charge < -0.3 is 0 Å². The summed E-state index contributed by atoms with van der Waals surface area (Å²) in [7, 11) is 1.98. The van der Waals surface area contributed by atoms with E-state index in [0.717, 1.165) is 5.02 Å². The Balaban J connectivity index is 2.54. The number of hydrogen-bond acceptors (Lipinski definition) is 3. The minimum Gasteiger partial charge on any atom is -0.299 e. The summed E-state index contributed by atoms with van der Waals surface area (Å²) < 4.78 is 0. The van der Waals surface area contributed by atoms with E-state index in [1.165, 1.54) is 5.56 Å². The summed E-state index contributed by atoms with van der Waals surface area (Å²) in [5.74, 6) is 4.88. The largest absolute Gasteiger partial charge is 0.299 e. The fraction of sp³-hybridized carbons (Fsp3) is 0.417. The maximum Gasteiger partial charge on any atom is 0.235 e. The number of nitrogens with zero attached hydrogens (tertiary/aromatic N) is 1. The topological polar surface area (TPSA) is 58.4 Å². The van der Waals surface area contributed by atoms with E-state index < -0.39 is 0 Å². The van der Waals surface area contributed by atoms with Gasteiger partial charge in [-0.2, -0.15) is 0 Å². The molecule has 94 valence electrons. The predicted molar refractivity (Wildman–Crippen MR) is 69.4 cm³/mol. The second-order valence-corrected chi connectivity index (χ2v) is 4.46. The summed E-state index contributed by atoms with van der Waals surface area (Å²) >= 11 is 5.84. The number of hydrazine groups is 1. The van der Waals surface area contributed by atoms with Crippen LogP contribution in [0.5, 0.6) is 0 Å². The number of carbonyl (C=O) groups is 1. The zero-order valence-electron chi connectivity index (χ0n) is 10.1. The van der Waals surface area contributed by atoms with Crippen molar-refractivity contribution >= 4 is 17.5 Å². The van der Waals surface area contributed by atoms with Gasteiger partial charge in [0, 0.05) is 24.0 Å². The minimum atomic E-state index is -0.153. The number of rotatable bonds is 5. The van der Waals surface area contributed by atoms with Crippen molar-refractivity contribution in [3.63, 3.8) is 0 Å². The Morgan fingerprint density at radius 3 is 2.59 bits per heavy atom. The van der Waals surface area contributed by atoms with Gasteiger partial charge in [-0.3, -0.25) is 15.1 Å². The molecule has 0 fully saturated rings. The number of carbonyl (C=O) groups excluding carboxylic acids is 1. The second kappa shape index (κ2) is 6.59. The molecule has 0 aliphatic rings. The van der Waals surface area contributed by atoms with E-state index in [0.29, 0.717) is 13.0 Å². The highest BCUT2D eigenvalue weighted by Gasteiger charge is 2.12. The maximum atomic E-state index is 11.0. The molecule has 0 aromatic heterocycles. The molecule has 0 saturated heterocycles. The van der Waals surface area contributed by atoms with Gasteiger partial charge >= 0.3 is 0 Å². The molecule has 4 nitrogen and oxygen atoms in total. The third kappa shape index (κ3) is 4.34. The molecule has 0 spiro atoms. The molecule has 0 aliphatic heterocycles. The van der Waals surface area contributed by atoms with Crippen LogP contribution in [-0.4, -0.2) is 24.4 Å². The van der Waals surface area contributed by atoms with Crippen molar-refractivity contribution in [3.8, 4) is 0 Å². The van der Waals surface area contributed by atoms with Crippen LogP contribution in [0.2, 0.25) is 5.02 Å². The van der Waals surface area contributed by atoms with Gasteiger partial charge in [0.05, 0.1) is 0 Å². The number of nitrogens with two attached hydrogens (primary N) is 1. The molecule has 0 radical (unpaired) electrons. The van der Waals surface area contributed by atoms with Gasteiger partial charge in [0.2, 0.25) is 5.91 Å². The molecule has 17 heavy (non-hydrogen) atoms. The molecule has 1 amide bonds. The summed E-state index contributed by atoms with van der Waals surface area (Å²) in [5.41, 5.74) is 3.29. The number of benzene rings is 1. The molecule has 5 heteroatoms. The molecule has 3 N–H and O–H groups in total. The molecule has 1 unspecified atom stereocenters. The van der Waals surface area contributed by atoms with Gasteiger partial charge in [-0.25, -0.2) is 5.84 Å². The first kappa shape index (κ1) is 14.0. The zero-order chi connectivity index (χ0) is 12.8. The van der Waals surface area contributed by atoms with Crippen LogP contribution < -0.4 is 11.3 Å². The van der Waals surface area contributed by atoms with Crippen LogP contribution >= 0.6 is 11.6 Å². The molecule has 1 atom stereocenters. The van der Waals surface area contributed by atoms with E-state index in [-0.39, 0.29) is 11.9 Å². The van der Waals surface area contributed by atoms with Crippen molar-refractivity contribution in [1.29, 1.82) is 0 Å². The van der Waals surface area contributed by atoms with Gasteiger partial charge in [-0.05, 0) is 31.7 Å². The third-order valence-corrected chi connectivity index (χ3v) is 3.12. The smallest absolute Gasteiger partial charge is 0.235 e. The van der Waals surface area contributed by atoms with Crippen molar-refractivity contribution in [2.24, 2.45) is 5.84 Å². The minimum absolute atomic E-state index is 0.153. The average Bonchev–Trinajstić information content (AvgIpc) is 2.35. The molecule has 0 bridgehead atoms. The standard InChI is InChI=1S/C12H18ClN3O/c1-9(10-3-5-11(13)6-4-10)16(2)8-7-12(17)15-14/h3-6,9H,7-8,14H2,1-2H3,(H,15,17). The van der Waals surface area contributed by atoms with Crippen LogP contribution in [0.1, 0.15) is 24.9 Å². The molecule has 1 aromatic carbocycles. The highest BCUT2D eigenvalue weighted by Crippen LogP contribution is 2.20. The first-order chi connectivity index (χ1) is 8.04. The Morgan fingerprint density at radius 2 is 2.06 bits per heavy atom. The fourth-order valence-electron chi connectivity index (χ4n) is 1.54. The average molecular weight is 256 g/mol. The highest BCUT2D eigenvalue weighted by molar-refractivity contribution is 6.30. The Kier molecular flexibility index (Phi) is 5.41. The monoisotopic (exact) mass is 255 g/mol. The molecule has 0 heterocycles. The van der Waals surface area contributed by atoms with Crippen molar-refractivity contribution in [3.05, 3.63) is 34.9 Å². The summed E-state index contributed by atoms with van der Waals surface area (Å²) in [6, 6.07) is 7.96. The van der Waals surface area contributed by atoms with Gasteiger partial charge in [-0.1, -0.05) is 23.7 Å². The normalized spacial score (nSPS) is 12.5. The highest BCUT2D eigenvalue weighted by atomic mass is 35.5. The van der Waals surface area contributed by atoms with E-state index in [4.69, 9.17) is 17.4 Å². The van der Waals surface area contributed by atoms with E-state index in [1.54, 1.807) is 0 Å². The Labute approximate surface area is 107 Å². The van der Waals surface area contributed by atoms with Crippen molar-refractivity contribution in [2.45, 2.75) is 19.4 Å². The van der Waals surface area contributed by atoms with Crippen LogP contribution in [0.3, 0.4) is 0 Å². The van der Waals surface area contributed by atoms with Gasteiger partial charge in [-0.15, -0.1) is 0 Å². The lowest BCUT2D eigenvalue weighted by Gasteiger charge is -2.24. The van der Waals surface area contributed by atoms with Gasteiger partial charge in [0.25, 0.3) is 0 Å². The van der Waals surface area contributed by atoms with Crippen LogP contribution in [0.4, 0.5) is 0 Å². The molecule has 0 saturated carbocycles. The van der Waals surface area contributed by atoms with Crippen LogP contribution in [0.15, 0.2) is 24.3 Å². The van der Waals surface area contributed by atoms with Gasteiger partial charge in [0.1, 0.15) is 0 Å². The van der Waals surface area contributed by atoms with Crippen LogP contribution in [0.25, 0.3) is 0 Å². The zero-order valence-corrected chi connectivity index (χ0v) is 10.9. The summed E-state index contributed by atoms with van der Waals surface area (Å²) in [5, 5.41) is 0.728. The Bertz CT molecular complexity index is 367. The lowest BCUT2D eigenvalue weighted by atomic mass is 10.1. The number of nitrogens with one attached hydrogen (secondary N) is 1. The molecule has 1 rings (SSSR count). The van der Waals surface area contributed by atoms with E-state index >= 15 is 0 Å². The maximum absolute atomic E-state index is 11.0. The quantitative estimate of drug-likeness (QED) is 0.478. The SMILES string of the molecule is CC(c1ccc(Cl)cc1)N(C)CCC(=O)NN. The number of hydrogen-bond donors (Lipinski definition) is 2. The molecule has 0 aliphatic carbocycles. The molecular weight excluding hydrogens is 238 g/mol. The van der Waals surface area contributed by atoms with Crippen molar-refractivity contribution < 1.29 is 4.79 Å². The summed E-state index contributed by atoms with van der Waals surface area (Å²) in [6.45, 7) is 2.75. The van der Waals surface area contributed by atoms with E-state index in [1.807, 2.05) is 31.3 Å². The number of amides is 1. The first-order valence-corrected chi connectivity index (χ1v) is 5.87. The van der Waals surface area contributed by atoms with Crippen LogP contribution in [0, 0.1) is 0 Å². The summed E-state index contributed by atoms with van der Waals surface area (Å²) in [4.78, 5) is 13.1.